The highest BCUT2D eigenvalue weighted by atomic mass is 16.6. The van der Waals surface area contributed by atoms with E-state index in [1.165, 1.54) is 6.21 Å². The van der Waals surface area contributed by atoms with Gasteiger partial charge in [0.2, 0.25) is 0 Å². The number of aryl methyl sites for hydroxylation is 1. The van der Waals surface area contributed by atoms with Gasteiger partial charge in [0, 0.05) is 11.1 Å². The van der Waals surface area contributed by atoms with E-state index in [-0.39, 0.29) is 12.5 Å². The Labute approximate surface area is 209 Å². The van der Waals surface area contributed by atoms with Gasteiger partial charge in [0.25, 0.3) is 5.91 Å². The lowest BCUT2D eigenvalue weighted by molar-refractivity contribution is -0.119. The van der Waals surface area contributed by atoms with Crippen molar-refractivity contribution in [1.29, 1.82) is 0 Å². The first-order chi connectivity index (χ1) is 17.5. The highest BCUT2D eigenvalue weighted by molar-refractivity contribution is 5.95. The van der Waals surface area contributed by atoms with Crippen molar-refractivity contribution in [2.45, 2.75) is 13.8 Å². The number of rotatable bonds is 9. The lowest BCUT2D eigenvalue weighted by atomic mass is 10.1. The first-order valence-electron chi connectivity index (χ1n) is 11.6. The number of benzene rings is 4. The Hall–Kier alpha value is -4.65. The molecule has 0 spiro atoms. The molecule has 7 nitrogen and oxygen atoms in total. The number of hydrogen-bond donors (Lipinski definition) is 2. The number of hydrogen-bond acceptors (Lipinski definition) is 6. The lowest BCUT2D eigenvalue weighted by Gasteiger charge is -2.11. The summed E-state index contributed by atoms with van der Waals surface area (Å²) in [7, 11) is 0. The van der Waals surface area contributed by atoms with Crippen LogP contribution >= 0.6 is 0 Å². The van der Waals surface area contributed by atoms with Gasteiger partial charge in [-0.15, -0.1) is 0 Å². The maximum absolute atomic E-state index is 12.5. The van der Waals surface area contributed by atoms with E-state index >= 15 is 0 Å². The van der Waals surface area contributed by atoms with Crippen molar-refractivity contribution in [2.24, 2.45) is 5.10 Å². The fraction of sp³-hybridized carbons (Fsp3) is 0.138. The van der Waals surface area contributed by atoms with E-state index in [2.05, 4.69) is 15.8 Å². The van der Waals surface area contributed by atoms with Gasteiger partial charge in [0.15, 0.2) is 11.5 Å². The highest BCUT2D eigenvalue weighted by Gasteiger charge is 2.13. The van der Waals surface area contributed by atoms with E-state index in [0.717, 1.165) is 22.0 Å². The maximum Gasteiger partial charge on any atom is 0.343 e. The Balaban J connectivity index is 1.36. The third-order valence-corrected chi connectivity index (χ3v) is 5.39. The van der Waals surface area contributed by atoms with Crippen LogP contribution in [0.1, 0.15) is 28.4 Å². The molecule has 0 heterocycles. The summed E-state index contributed by atoms with van der Waals surface area (Å²) in [6.45, 7) is 4.26. The first kappa shape index (κ1) is 24.5. The number of carbonyl (C=O) groups is 2. The Kier molecular flexibility index (Phi) is 7.93. The minimum atomic E-state index is -0.469. The number of carbonyl (C=O) groups excluding carboxylic acids is 2. The molecule has 0 fully saturated rings. The zero-order chi connectivity index (χ0) is 25.3. The Bertz CT molecular complexity index is 1390. The second-order valence-corrected chi connectivity index (χ2v) is 8.07. The Morgan fingerprint density at radius 1 is 0.917 bits per heavy atom. The molecule has 1 amide bonds. The smallest absolute Gasteiger partial charge is 0.343 e. The van der Waals surface area contributed by atoms with Crippen LogP contribution in [0.4, 0.5) is 5.69 Å². The summed E-state index contributed by atoms with van der Waals surface area (Å²) in [5.41, 5.74) is 5.58. The van der Waals surface area contributed by atoms with Crippen LogP contribution in [0, 0.1) is 6.92 Å². The van der Waals surface area contributed by atoms with E-state index in [1.807, 2.05) is 68.4 Å². The minimum absolute atomic E-state index is 0.0729. The average Bonchev–Trinajstić information content (AvgIpc) is 2.89. The second-order valence-electron chi connectivity index (χ2n) is 8.07. The van der Waals surface area contributed by atoms with Crippen LogP contribution in [0.5, 0.6) is 11.5 Å². The highest BCUT2D eigenvalue weighted by Crippen LogP contribution is 2.29. The molecule has 0 unspecified atom stereocenters. The third-order valence-electron chi connectivity index (χ3n) is 5.39. The number of amides is 1. The molecule has 0 bridgehead atoms. The van der Waals surface area contributed by atoms with E-state index in [0.29, 0.717) is 29.2 Å². The molecule has 0 atom stereocenters. The molecule has 0 radical (unpaired) electrons. The number of anilines is 1. The number of fused-ring (bicyclic) bond motifs is 1. The van der Waals surface area contributed by atoms with Crippen LogP contribution in [0.3, 0.4) is 0 Å². The molecular weight excluding hydrogens is 454 g/mol. The Morgan fingerprint density at radius 3 is 2.50 bits per heavy atom. The van der Waals surface area contributed by atoms with Gasteiger partial charge in [-0.05, 0) is 61.2 Å². The van der Waals surface area contributed by atoms with Gasteiger partial charge >= 0.3 is 5.97 Å². The molecule has 0 aliphatic rings. The summed E-state index contributed by atoms with van der Waals surface area (Å²) >= 11 is 0. The fourth-order valence-electron chi connectivity index (χ4n) is 3.58. The number of ether oxygens (including phenoxy) is 2. The van der Waals surface area contributed by atoms with Crippen LogP contribution in [-0.4, -0.2) is 31.2 Å². The molecule has 2 N–H and O–H groups in total. The van der Waals surface area contributed by atoms with E-state index in [1.54, 1.807) is 30.3 Å². The summed E-state index contributed by atoms with van der Waals surface area (Å²) in [5, 5.41) is 9.33. The molecule has 0 aliphatic carbocycles. The van der Waals surface area contributed by atoms with Gasteiger partial charge in [0.1, 0.15) is 0 Å². The normalized spacial score (nSPS) is 10.8. The molecule has 0 saturated heterocycles. The third kappa shape index (κ3) is 6.27. The molecule has 4 aromatic carbocycles. The molecule has 0 aliphatic heterocycles. The van der Waals surface area contributed by atoms with Crippen LogP contribution in [0.25, 0.3) is 10.8 Å². The quantitative estimate of drug-likeness (QED) is 0.146. The summed E-state index contributed by atoms with van der Waals surface area (Å²) in [4.78, 5) is 24.8. The van der Waals surface area contributed by atoms with Gasteiger partial charge in [0.05, 0.1) is 24.9 Å². The van der Waals surface area contributed by atoms with Gasteiger partial charge in [-0.2, -0.15) is 5.10 Å². The van der Waals surface area contributed by atoms with Crippen molar-refractivity contribution < 1.29 is 19.1 Å². The molecule has 4 aromatic rings. The summed E-state index contributed by atoms with van der Waals surface area (Å²) in [5.74, 6) is -0.0371. The summed E-state index contributed by atoms with van der Waals surface area (Å²) in [6.07, 6.45) is 1.50. The van der Waals surface area contributed by atoms with Crippen LogP contribution in [0.2, 0.25) is 0 Å². The molecule has 0 saturated carbocycles. The number of nitrogens with zero attached hydrogens (tertiary/aromatic N) is 1. The van der Waals surface area contributed by atoms with Crippen molar-refractivity contribution in [1.82, 2.24) is 5.43 Å². The predicted octanol–water partition coefficient (Wildman–Crippen LogP) is 5.33. The molecule has 182 valence electrons. The first-order valence-corrected chi connectivity index (χ1v) is 11.6. The fourth-order valence-corrected chi connectivity index (χ4v) is 3.58. The zero-order valence-corrected chi connectivity index (χ0v) is 20.2. The largest absolute Gasteiger partial charge is 0.490 e. The molecular formula is C29H27N3O4. The Morgan fingerprint density at radius 2 is 1.69 bits per heavy atom. The predicted molar refractivity (Wildman–Crippen MR) is 142 cm³/mol. The topological polar surface area (TPSA) is 89.0 Å². The summed E-state index contributed by atoms with van der Waals surface area (Å²) in [6, 6.07) is 26.1. The van der Waals surface area contributed by atoms with Gasteiger partial charge in [-0.25, -0.2) is 10.2 Å². The van der Waals surface area contributed by atoms with Crippen molar-refractivity contribution in [3.05, 3.63) is 102 Å². The maximum atomic E-state index is 12.5. The van der Waals surface area contributed by atoms with Crippen LogP contribution in [0.15, 0.2) is 90.0 Å². The molecule has 7 heteroatoms. The molecule has 4 rings (SSSR count). The van der Waals surface area contributed by atoms with Crippen molar-refractivity contribution in [3.63, 3.8) is 0 Å². The minimum Gasteiger partial charge on any atom is -0.490 e. The SMILES string of the molecule is CCOc1cc(/C=N/NC(=O)CNc2cccc3ccccc23)ccc1OC(=O)c1ccc(C)cc1. The monoisotopic (exact) mass is 481 g/mol. The lowest BCUT2D eigenvalue weighted by Crippen LogP contribution is -2.25. The van der Waals surface area contributed by atoms with Crippen LogP contribution in [-0.2, 0) is 4.79 Å². The number of hydrazone groups is 1. The van der Waals surface area contributed by atoms with Crippen molar-refractivity contribution in [3.8, 4) is 11.5 Å². The number of nitrogens with one attached hydrogen (secondary N) is 2. The standard InChI is InChI=1S/C29H27N3O4/c1-3-35-27-17-21(13-16-26(27)36-29(34)23-14-11-20(2)12-15-23)18-31-32-28(33)19-30-25-10-6-8-22-7-4-5-9-24(22)25/h4-18,30H,3,19H2,1-2H3,(H,32,33)/b31-18+. The molecule has 36 heavy (non-hydrogen) atoms. The number of esters is 1. The summed E-state index contributed by atoms with van der Waals surface area (Å²) < 4.78 is 11.2. The van der Waals surface area contributed by atoms with Crippen molar-refractivity contribution >= 4 is 34.6 Å². The van der Waals surface area contributed by atoms with Crippen molar-refractivity contribution in [2.75, 3.05) is 18.5 Å². The zero-order valence-electron chi connectivity index (χ0n) is 20.2. The van der Waals surface area contributed by atoms with E-state index in [9.17, 15) is 9.59 Å². The van der Waals surface area contributed by atoms with Crippen LogP contribution < -0.4 is 20.2 Å². The van der Waals surface area contributed by atoms with Gasteiger partial charge in [-0.3, -0.25) is 4.79 Å². The van der Waals surface area contributed by atoms with Gasteiger partial charge in [-0.1, -0.05) is 54.1 Å². The second kappa shape index (κ2) is 11.7. The average molecular weight is 482 g/mol. The van der Waals surface area contributed by atoms with E-state index < -0.39 is 5.97 Å². The van der Waals surface area contributed by atoms with E-state index in [4.69, 9.17) is 9.47 Å². The van der Waals surface area contributed by atoms with Gasteiger partial charge < -0.3 is 14.8 Å². The molecule has 0 aromatic heterocycles.